The molecule has 0 saturated heterocycles. The van der Waals surface area contributed by atoms with Crippen molar-refractivity contribution in [3.63, 3.8) is 0 Å². The zero-order valence-electron chi connectivity index (χ0n) is 10.2. The van der Waals surface area contributed by atoms with E-state index in [4.69, 9.17) is 11.6 Å². The molecule has 0 aliphatic carbocycles. The molecule has 0 aliphatic rings. The molecule has 0 saturated carbocycles. The van der Waals surface area contributed by atoms with Gasteiger partial charge in [-0.25, -0.2) is 5.43 Å². The minimum Gasteiger partial charge on any atom is -0.267 e. The van der Waals surface area contributed by atoms with Crippen LogP contribution in [0.1, 0.15) is 43.5 Å². The highest BCUT2D eigenvalue weighted by molar-refractivity contribution is 6.30. The van der Waals surface area contributed by atoms with Crippen LogP contribution in [-0.2, 0) is 0 Å². The highest BCUT2D eigenvalue weighted by atomic mass is 35.5. The first-order valence-electron chi connectivity index (χ1n) is 5.72. The largest absolute Gasteiger partial charge is 0.271 e. The molecule has 0 aromatic heterocycles. The van der Waals surface area contributed by atoms with E-state index in [2.05, 4.69) is 17.5 Å². The summed E-state index contributed by atoms with van der Waals surface area (Å²) in [6.07, 6.45) is 3.13. The van der Waals surface area contributed by atoms with Gasteiger partial charge < -0.3 is 0 Å². The Morgan fingerprint density at radius 3 is 2.59 bits per heavy atom. The summed E-state index contributed by atoms with van der Waals surface area (Å²) >= 11 is 5.74. The second kappa shape index (κ2) is 7.07. The highest BCUT2D eigenvalue weighted by Crippen LogP contribution is 2.09. The Bertz CT molecular complexity index is 398. The first-order chi connectivity index (χ1) is 8.13. The van der Waals surface area contributed by atoms with Crippen LogP contribution in [0.25, 0.3) is 0 Å². The monoisotopic (exact) mass is 252 g/mol. The zero-order chi connectivity index (χ0) is 12.7. The number of hydrazone groups is 1. The summed E-state index contributed by atoms with van der Waals surface area (Å²) in [6.45, 7) is 4.04. The average molecular weight is 253 g/mol. The lowest BCUT2D eigenvalue weighted by Crippen LogP contribution is -2.18. The summed E-state index contributed by atoms with van der Waals surface area (Å²) in [5.74, 6) is -0.211. The topological polar surface area (TPSA) is 41.5 Å². The van der Waals surface area contributed by atoms with Crippen LogP contribution in [0.3, 0.4) is 0 Å². The first kappa shape index (κ1) is 13.7. The number of carbonyl (C=O) groups is 1. The maximum Gasteiger partial charge on any atom is 0.271 e. The van der Waals surface area contributed by atoms with E-state index in [1.807, 2.05) is 6.92 Å². The van der Waals surface area contributed by atoms with Crippen molar-refractivity contribution in [1.29, 1.82) is 0 Å². The fourth-order valence-electron chi connectivity index (χ4n) is 1.30. The van der Waals surface area contributed by atoms with Crippen molar-refractivity contribution in [3.8, 4) is 0 Å². The van der Waals surface area contributed by atoms with Gasteiger partial charge >= 0.3 is 0 Å². The normalized spacial score (nSPS) is 11.4. The van der Waals surface area contributed by atoms with Gasteiger partial charge in [-0.2, -0.15) is 5.10 Å². The molecule has 92 valence electrons. The smallest absolute Gasteiger partial charge is 0.267 e. The molecule has 0 heterocycles. The first-order valence-corrected chi connectivity index (χ1v) is 6.10. The third kappa shape index (κ3) is 5.00. The average Bonchev–Trinajstić information content (AvgIpc) is 2.34. The Morgan fingerprint density at radius 2 is 2.00 bits per heavy atom. The molecule has 0 aliphatic heterocycles. The predicted octanol–water partition coefficient (Wildman–Crippen LogP) is 3.64. The Labute approximate surface area is 107 Å². The molecule has 0 unspecified atom stereocenters. The van der Waals surface area contributed by atoms with Crippen LogP contribution >= 0.6 is 11.6 Å². The molecule has 1 amide bonds. The number of carbonyl (C=O) groups excluding carboxylic acids is 1. The lowest BCUT2D eigenvalue weighted by Gasteiger charge is -2.02. The summed E-state index contributed by atoms with van der Waals surface area (Å²) in [4.78, 5) is 11.7. The van der Waals surface area contributed by atoms with Crippen LogP contribution in [-0.4, -0.2) is 11.6 Å². The third-order valence-corrected chi connectivity index (χ3v) is 2.60. The van der Waals surface area contributed by atoms with Crippen molar-refractivity contribution in [1.82, 2.24) is 5.43 Å². The van der Waals surface area contributed by atoms with Crippen LogP contribution in [0.4, 0.5) is 0 Å². The van der Waals surface area contributed by atoms with E-state index in [0.717, 1.165) is 25.0 Å². The number of amides is 1. The van der Waals surface area contributed by atoms with Crippen molar-refractivity contribution in [2.24, 2.45) is 5.10 Å². The standard InChI is InChI=1S/C13H17ClN2O/c1-3-4-5-10(2)15-16-13(17)11-6-8-12(14)9-7-11/h6-9H,3-5H2,1-2H3,(H,16,17). The van der Waals surface area contributed by atoms with Crippen LogP contribution in [0.15, 0.2) is 29.4 Å². The van der Waals surface area contributed by atoms with E-state index in [0.29, 0.717) is 10.6 Å². The minimum absolute atomic E-state index is 0.211. The Morgan fingerprint density at radius 1 is 1.35 bits per heavy atom. The van der Waals surface area contributed by atoms with E-state index in [-0.39, 0.29) is 5.91 Å². The SMILES string of the molecule is CCCCC(C)=NNC(=O)c1ccc(Cl)cc1. The quantitative estimate of drug-likeness (QED) is 0.631. The van der Waals surface area contributed by atoms with Crippen molar-refractivity contribution in [2.45, 2.75) is 33.1 Å². The Balaban J connectivity index is 2.52. The molecule has 1 N–H and O–H groups in total. The number of halogens is 1. The number of unbranched alkanes of at least 4 members (excludes halogenated alkanes) is 1. The van der Waals surface area contributed by atoms with E-state index in [1.54, 1.807) is 24.3 Å². The lowest BCUT2D eigenvalue weighted by molar-refractivity contribution is 0.0954. The van der Waals surface area contributed by atoms with Gasteiger partial charge in [-0.1, -0.05) is 24.9 Å². The molecule has 0 fully saturated rings. The number of benzene rings is 1. The summed E-state index contributed by atoms with van der Waals surface area (Å²) in [7, 11) is 0. The second-order valence-electron chi connectivity index (χ2n) is 3.90. The fraction of sp³-hybridized carbons (Fsp3) is 0.385. The van der Waals surface area contributed by atoms with Crippen molar-refractivity contribution in [2.75, 3.05) is 0 Å². The molecular formula is C13H17ClN2O. The molecule has 0 radical (unpaired) electrons. The van der Waals surface area contributed by atoms with Gasteiger partial charge in [-0.05, 0) is 44.0 Å². The minimum atomic E-state index is -0.211. The number of nitrogens with zero attached hydrogens (tertiary/aromatic N) is 1. The molecule has 3 nitrogen and oxygen atoms in total. The molecule has 1 aromatic rings. The van der Waals surface area contributed by atoms with E-state index < -0.39 is 0 Å². The van der Waals surface area contributed by atoms with E-state index >= 15 is 0 Å². The molecule has 17 heavy (non-hydrogen) atoms. The molecule has 0 spiro atoms. The van der Waals surface area contributed by atoms with Gasteiger partial charge in [0.15, 0.2) is 0 Å². The third-order valence-electron chi connectivity index (χ3n) is 2.35. The summed E-state index contributed by atoms with van der Waals surface area (Å²) < 4.78 is 0. The van der Waals surface area contributed by atoms with Crippen molar-refractivity contribution >= 4 is 23.2 Å². The van der Waals surface area contributed by atoms with Crippen LogP contribution in [0, 0.1) is 0 Å². The van der Waals surface area contributed by atoms with Gasteiger partial charge in [-0.15, -0.1) is 0 Å². The molecular weight excluding hydrogens is 236 g/mol. The summed E-state index contributed by atoms with van der Waals surface area (Å²) in [5, 5.41) is 4.66. The van der Waals surface area contributed by atoms with E-state index in [9.17, 15) is 4.79 Å². The van der Waals surface area contributed by atoms with Gasteiger partial charge in [0, 0.05) is 16.3 Å². The molecule has 4 heteroatoms. The fourth-order valence-corrected chi connectivity index (χ4v) is 1.43. The second-order valence-corrected chi connectivity index (χ2v) is 4.33. The maximum atomic E-state index is 11.7. The molecule has 1 aromatic carbocycles. The van der Waals surface area contributed by atoms with E-state index in [1.165, 1.54) is 0 Å². The van der Waals surface area contributed by atoms with Gasteiger partial charge in [0.2, 0.25) is 0 Å². The number of hydrogen-bond donors (Lipinski definition) is 1. The van der Waals surface area contributed by atoms with Crippen LogP contribution in [0.2, 0.25) is 5.02 Å². The zero-order valence-corrected chi connectivity index (χ0v) is 10.9. The Hall–Kier alpha value is -1.35. The van der Waals surface area contributed by atoms with Crippen LogP contribution in [0.5, 0.6) is 0 Å². The number of rotatable bonds is 5. The Kier molecular flexibility index (Phi) is 5.70. The summed E-state index contributed by atoms with van der Waals surface area (Å²) in [5.41, 5.74) is 4.03. The van der Waals surface area contributed by atoms with Crippen LogP contribution < -0.4 is 5.43 Å². The number of hydrogen-bond acceptors (Lipinski definition) is 2. The predicted molar refractivity (Wildman–Crippen MR) is 71.6 cm³/mol. The molecule has 0 bridgehead atoms. The summed E-state index contributed by atoms with van der Waals surface area (Å²) in [6, 6.07) is 6.72. The lowest BCUT2D eigenvalue weighted by atomic mass is 10.2. The molecule has 1 rings (SSSR count). The van der Waals surface area contributed by atoms with Gasteiger partial charge in [0.05, 0.1) is 0 Å². The molecule has 0 atom stereocenters. The van der Waals surface area contributed by atoms with Crippen molar-refractivity contribution < 1.29 is 4.79 Å². The van der Waals surface area contributed by atoms with Gasteiger partial charge in [0.1, 0.15) is 0 Å². The maximum absolute atomic E-state index is 11.7. The highest BCUT2D eigenvalue weighted by Gasteiger charge is 2.03. The van der Waals surface area contributed by atoms with Crippen molar-refractivity contribution in [3.05, 3.63) is 34.9 Å². The van der Waals surface area contributed by atoms with Gasteiger partial charge in [0.25, 0.3) is 5.91 Å². The van der Waals surface area contributed by atoms with Gasteiger partial charge in [-0.3, -0.25) is 4.79 Å². The number of nitrogens with one attached hydrogen (secondary N) is 1.